The van der Waals surface area contributed by atoms with Gasteiger partial charge in [0.25, 0.3) is 0 Å². The Kier molecular flexibility index (Phi) is 11.3. The number of hydrogen-bond donors (Lipinski definition) is 2. The van der Waals surface area contributed by atoms with Gasteiger partial charge in [0.15, 0.2) is 5.96 Å². The second-order valence-electron chi connectivity index (χ2n) is 8.12. The van der Waals surface area contributed by atoms with E-state index in [-0.39, 0.29) is 24.0 Å². The fourth-order valence-electron chi connectivity index (χ4n) is 3.75. The summed E-state index contributed by atoms with van der Waals surface area (Å²) in [7, 11) is 0. The maximum atomic E-state index is 5.53. The Hall–Kier alpha value is -1.65. The zero-order valence-corrected chi connectivity index (χ0v) is 21.3. The van der Waals surface area contributed by atoms with Crippen molar-refractivity contribution in [3.8, 4) is 5.69 Å². The van der Waals surface area contributed by atoms with Crippen molar-refractivity contribution in [1.82, 2.24) is 25.3 Å². The lowest BCUT2D eigenvalue weighted by atomic mass is 10.0. The lowest BCUT2D eigenvalue weighted by molar-refractivity contribution is 0.0132. The normalized spacial score (nSPS) is 16.1. The van der Waals surface area contributed by atoms with E-state index in [1.807, 2.05) is 16.9 Å². The molecule has 3 rings (SSSR count). The molecule has 1 aromatic carbocycles. The van der Waals surface area contributed by atoms with Crippen LogP contribution in [0.25, 0.3) is 5.69 Å². The molecule has 1 aromatic heterocycles. The van der Waals surface area contributed by atoms with Gasteiger partial charge in [0.2, 0.25) is 0 Å². The first-order chi connectivity index (χ1) is 14.7. The number of aromatic nitrogens is 2. The number of halogens is 1. The molecule has 31 heavy (non-hydrogen) atoms. The minimum atomic E-state index is 0. The van der Waals surface area contributed by atoms with E-state index in [2.05, 4.69) is 65.7 Å². The number of nitrogens with zero attached hydrogens (tertiary/aromatic N) is 4. The van der Waals surface area contributed by atoms with Crippen LogP contribution in [-0.4, -0.2) is 66.1 Å². The quantitative estimate of drug-likeness (QED) is 0.291. The first kappa shape index (κ1) is 25.6. The van der Waals surface area contributed by atoms with Gasteiger partial charge in [0.1, 0.15) is 0 Å². The van der Waals surface area contributed by atoms with E-state index in [9.17, 15) is 0 Å². The summed E-state index contributed by atoms with van der Waals surface area (Å²) in [5.41, 5.74) is 2.23. The minimum Gasteiger partial charge on any atom is -0.379 e. The molecule has 172 valence electrons. The van der Waals surface area contributed by atoms with E-state index in [0.29, 0.717) is 18.5 Å². The third-order valence-corrected chi connectivity index (χ3v) is 5.28. The molecule has 1 fully saturated rings. The molecule has 1 atom stereocenters. The third-order valence-electron chi connectivity index (χ3n) is 5.28. The lowest BCUT2D eigenvalue weighted by Crippen LogP contribution is -2.51. The number of aliphatic imine (C=N–C) groups is 1. The van der Waals surface area contributed by atoms with Gasteiger partial charge in [-0.2, -0.15) is 5.10 Å². The van der Waals surface area contributed by atoms with E-state index in [0.717, 1.165) is 51.0 Å². The Labute approximate surface area is 203 Å². The summed E-state index contributed by atoms with van der Waals surface area (Å²) in [5.74, 6) is 1.53. The highest BCUT2D eigenvalue weighted by molar-refractivity contribution is 14.0. The molecule has 8 heteroatoms. The van der Waals surface area contributed by atoms with Crippen molar-refractivity contribution in [2.24, 2.45) is 10.9 Å². The van der Waals surface area contributed by atoms with Crippen molar-refractivity contribution in [3.63, 3.8) is 0 Å². The zero-order chi connectivity index (χ0) is 21.2. The summed E-state index contributed by atoms with van der Waals surface area (Å²) >= 11 is 0. The van der Waals surface area contributed by atoms with Gasteiger partial charge in [-0.05, 0) is 43.0 Å². The Morgan fingerprint density at radius 2 is 1.90 bits per heavy atom. The molecule has 2 heterocycles. The van der Waals surface area contributed by atoms with Crippen molar-refractivity contribution >= 4 is 29.9 Å². The second kappa shape index (κ2) is 13.7. The number of ether oxygens (including phenoxy) is 1. The van der Waals surface area contributed by atoms with Crippen LogP contribution in [0.2, 0.25) is 0 Å². The SMILES string of the molecule is CCNC(=NCc1ccc(-n2cccn2)cc1)NCC(CC(C)C)N1CCOCC1.I. The molecule has 0 bridgehead atoms. The zero-order valence-electron chi connectivity index (χ0n) is 19.0. The predicted octanol–water partition coefficient (Wildman–Crippen LogP) is 3.29. The molecule has 0 aliphatic carbocycles. The van der Waals surface area contributed by atoms with Crippen LogP contribution in [0.15, 0.2) is 47.7 Å². The first-order valence-electron chi connectivity index (χ1n) is 11.1. The monoisotopic (exact) mass is 540 g/mol. The van der Waals surface area contributed by atoms with Crippen LogP contribution in [0.3, 0.4) is 0 Å². The Bertz CT molecular complexity index is 757. The van der Waals surface area contributed by atoms with Gasteiger partial charge >= 0.3 is 0 Å². The number of nitrogens with one attached hydrogen (secondary N) is 2. The van der Waals surface area contributed by atoms with Crippen LogP contribution in [0.1, 0.15) is 32.8 Å². The van der Waals surface area contributed by atoms with Crippen LogP contribution in [0.5, 0.6) is 0 Å². The van der Waals surface area contributed by atoms with Crippen molar-refractivity contribution < 1.29 is 4.74 Å². The topological polar surface area (TPSA) is 66.7 Å². The number of rotatable bonds is 9. The van der Waals surface area contributed by atoms with Crippen LogP contribution in [0.4, 0.5) is 0 Å². The molecule has 1 saturated heterocycles. The minimum absolute atomic E-state index is 0. The van der Waals surface area contributed by atoms with Crippen molar-refractivity contribution in [1.29, 1.82) is 0 Å². The molecule has 1 unspecified atom stereocenters. The summed E-state index contributed by atoms with van der Waals surface area (Å²) in [6.07, 6.45) is 4.90. The molecule has 2 N–H and O–H groups in total. The average Bonchev–Trinajstić information content (AvgIpc) is 3.30. The van der Waals surface area contributed by atoms with Gasteiger partial charge in [0, 0.05) is 44.6 Å². The van der Waals surface area contributed by atoms with Gasteiger partial charge in [-0.15, -0.1) is 24.0 Å². The average molecular weight is 540 g/mol. The van der Waals surface area contributed by atoms with Crippen molar-refractivity contribution in [2.75, 3.05) is 39.4 Å². The summed E-state index contributed by atoms with van der Waals surface area (Å²) < 4.78 is 7.40. The number of guanidine groups is 1. The largest absolute Gasteiger partial charge is 0.379 e. The van der Waals surface area contributed by atoms with E-state index in [1.165, 1.54) is 12.0 Å². The highest BCUT2D eigenvalue weighted by Gasteiger charge is 2.22. The molecule has 1 aliphatic rings. The summed E-state index contributed by atoms with van der Waals surface area (Å²) in [6.45, 7) is 12.7. The maximum Gasteiger partial charge on any atom is 0.191 e. The Morgan fingerprint density at radius 3 is 2.52 bits per heavy atom. The summed E-state index contributed by atoms with van der Waals surface area (Å²) in [4.78, 5) is 7.35. The van der Waals surface area contributed by atoms with E-state index in [4.69, 9.17) is 9.73 Å². The van der Waals surface area contributed by atoms with Crippen molar-refractivity contribution in [3.05, 3.63) is 48.3 Å². The second-order valence-corrected chi connectivity index (χ2v) is 8.12. The maximum absolute atomic E-state index is 5.53. The van der Waals surface area contributed by atoms with Gasteiger partial charge < -0.3 is 15.4 Å². The van der Waals surface area contributed by atoms with Crippen LogP contribution < -0.4 is 10.6 Å². The predicted molar refractivity (Wildman–Crippen MR) is 137 cm³/mol. The molecule has 1 aliphatic heterocycles. The first-order valence-corrected chi connectivity index (χ1v) is 11.1. The molecule has 0 spiro atoms. The third kappa shape index (κ3) is 8.42. The highest BCUT2D eigenvalue weighted by atomic mass is 127. The van der Waals surface area contributed by atoms with Crippen molar-refractivity contribution in [2.45, 2.75) is 39.8 Å². The molecule has 0 amide bonds. The molecular formula is C23H37IN6O. The number of benzene rings is 1. The van der Waals surface area contributed by atoms with Gasteiger partial charge in [-0.1, -0.05) is 26.0 Å². The Morgan fingerprint density at radius 1 is 1.16 bits per heavy atom. The van der Waals surface area contributed by atoms with Crippen LogP contribution in [0, 0.1) is 5.92 Å². The summed E-state index contributed by atoms with van der Waals surface area (Å²) in [6, 6.07) is 10.8. The highest BCUT2D eigenvalue weighted by Crippen LogP contribution is 2.13. The van der Waals surface area contributed by atoms with Crippen LogP contribution in [-0.2, 0) is 11.3 Å². The standard InChI is InChI=1S/C23H36N6O.HI/c1-4-24-23(26-18-22(16-19(2)3)28-12-14-30-15-13-28)25-17-20-6-8-21(9-7-20)29-11-5-10-27-29;/h5-11,19,22H,4,12-18H2,1-3H3,(H2,24,25,26);1H. The summed E-state index contributed by atoms with van der Waals surface area (Å²) in [5, 5.41) is 11.2. The van der Waals surface area contributed by atoms with Crippen LogP contribution >= 0.6 is 24.0 Å². The number of hydrogen-bond acceptors (Lipinski definition) is 4. The van der Waals surface area contributed by atoms with Gasteiger partial charge in [-0.25, -0.2) is 9.67 Å². The van der Waals surface area contributed by atoms with E-state index < -0.39 is 0 Å². The van der Waals surface area contributed by atoms with Gasteiger partial charge in [-0.3, -0.25) is 4.90 Å². The molecule has 7 nitrogen and oxygen atoms in total. The molecule has 0 radical (unpaired) electrons. The number of morpholine rings is 1. The van der Waals surface area contributed by atoms with Gasteiger partial charge in [0.05, 0.1) is 25.4 Å². The smallest absolute Gasteiger partial charge is 0.191 e. The molecule has 0 saturated carbocycles. The molecular weight excluding hydrogens is 503 g/mol. The van der Waals surface area contributed by atoms with E-state index in [1.54, 1.807) is 6.20 Å². The lowest BCUT2D eigenvalue weighted by Gasteiger charge is -2.35. The fourth-order valence-corrected chi connectivity index (χ4v) is 3.75. The fraction of sp³-hybridized carbons (Fsp3) is 0.565. The van der Waals surface area contributed by atoms with E-state index >= 15 is 0 Å². The Balaban J connectivity index is 0.00000341. The molecule has 2 aromatic rings.